The SMILES string of the molecule is COc1ccc(C(=O)NCC(C)(C)CCO)cc1OC. The molecule has 0 aromatic heterocycles. The van der Waals surface area contributed by atoms with Crippen LogP contribution in [0.2, 0.25) is 0 Å². The van der Waals surface area contributed by atoms with Gasteiger partial charge in [0.2, 0.25) is 0 Å². The van der Waals surface area contributed by atoms with Crippen molar-refractivity contribution in [2.75, 3.05) is 27.4 Å². The molecule has 0 aliphatic heterocycles. The Bertz CT molecular complexity index is 457. The van der Waals surface area contributed by atoms with Crippen molar-refractivity contribution in [3.8, 4) is 11.5 Å². The number of hydrogen-bond acceptors (Lipinski definition) is 4. The van der Waals surface area contributed by atoms with E-state index in [0.717, 1.165) is 0 Å². The van der Waals surface area contributed by atoms with Crippen molar-refractivity contribution in [3.05, 3.63) is 23.8 Å². The van der Waals surface area contributed by atoms with Gasteiger partial charge in [-0.05, 0) is 30.0 Å². The standard InChI is InChI=1S/C15H23NO4/c1-15(2,7-8-17)10-16-14(18)11-5-6-12(19-3)13(9-11)20-4/h5-6,9,17H,7-8,10H2,1-4H3,(H,16,18). The average molecular weight is 281 g/mol. The molecule has 2 N–H and O–H groups in total. The Labute approximate surface area is 119 Å². The second-order valence-electron chi connectivity index (χ2n) is 5.39. The van der Waals surface area contributed by atoms with Crippen molar-refractivity contribution in [2.24, 2.45) is 5.41 Å². The van der Waals surface area contributed by atoms with Crippen LogP contribution >= 0.6 is 0 Å². The summed E-state index contributed by atoms with van der Waals surface area (Å²) >= 11 is 0. The number of nitrogens with one attached hydrogen (secondary N) is 1. The third kappa shape index (κ3) is 4.42. The summed E-state index contributed by atoms with van der Waals surface area (Å²) in [4.78, 5) is 12.1. The van der Waals surface area contributed by atoms with Gasteiger partial charge in [-0.3, -0.25) is 4.79 Å². The van der Waals surface area contributed by atoms with Crippen LogP contribution in [0.25, 0.3) is 0 Å². The minimum absolute atomic E-state index is 0.110. The Balaban J connectivity index is 2.73. The Kier molecular flexibility index (Phi) is 5.82. The van der Waals surface area contributed by atoms with Crippen LogP contribution in [0.4, 0.5) is 0 Å². The van der Waals surface area contributed by atoms with Gasteiger partial charge in [0, 0.05) is 18.7 Å². The third-order valence-electron chi connectivity index (χ3n) is 3.16. The molecule has 1 rings (SSSR count). The zero-order valence-corrected chi connectivity index (χ0v) is 12.5. The van der Waals surface area contributed by atoms with E-state index in [4.69, 9.17) is 14.6 Å². The minimum Gasteiger partial charge on any atom is -0.493 e. The molecule has 5 nitrogen and oxygen atoms in total. The molecule has 0 spiro atoms. The molecule has 0 unspecified atom stereocenters. The molecule has 112 valence electrons. The summed E-state index contributed by atoms with van der Waals surface area (Å²) in [6.45, 7) is 4.61. The van der Waals surface area contributed by atoms with Crippen LogP contribution in [0.5, 0.6) is 11.5 Å². The van der Waals surface area contributed by atoms with E-state index in [2.05, 4.69) is 5.32 Å². The van der Waals surface area contributed by atoms with Crippen LogP contribution in [0.1, 0.15) is 30.6 Å². The molecule has 0 saturated carbocycles. The van der Waals surface area contributed by atoms with Gasteiger partial charge in [0.25, 0.3) is 5.91 Å². The lowest BCUT2D eigenvalue weighted by atomic mass is 9.89. The Morgan fingerprint density at radius 1 is 1.25 bits per heavy atom. The minimum atomic E-state index is -0.169. The molecule has 0 bridgehead atoms. The molecule has 20 heavy (non-hydrogen) atoms. The summed E-state index contributed by atoms with van der Waals surface area (Å²) in [6, 6.07) is 5.04. The van der Waals surface area contributed by atoms with Gasteiger partial charge in [-0.15, -0.1) is 0 Å². The number of carbonyl (C=O) groups excluding carboxylic acids is 1. The van der Waals surface area contributed by atoms with Gasteiger partial charge in [0.1, 0.15) is 0 Å². The van der Waals surface area contributed by atoms with Crippen LogP contribution in [0.15, 0.2) is 18.2 Å². The lowest BCUT2D eigenvalue weighted by Crippen LogP contribution is -2.34. The first-order chi connectivity index (χ1) is 9.43. The van der Waals surface area contributed by atoms with Crippen molar-refractivity contribution < 1.29 is 19.4 Å². The van der Waals surface area contributed by atoms with Gasteiger partial charge >= 0.3 is 0 Å². The van der Waals surface area contributed by atoms with Crippen LogP contribution in [0, 0.1) is 5.41 Å². The average Bonchev–Trinajstić information content (AvgIpc) is 2.44. The molecule has 1 amide bonds. The summed E-state index contributed by atoms with van der Waals surface area (Å²) in [7, 11) is 3.08. The van der Waals surface area contributed by atoms with Crippen LogP contribution < -0.4 is 14.8 Å². The van der Waals surface area contributed by atoms with E-state index in [1.165, 1.54) is 7.11 Å². The summed E-state index contributed by atoms with van der Waals surface area (Å²) in [5.41, 5.74) is 0.378. The highest BCUT2D eigenvalue weighted by Gasteiger charge is 2.19. The Morgan fingerprint density at radius 2 is 1.90 bits per heavy atom. The molecular formula is C15H23NO4. The third-order valence-corrected chi connectivity index (χ3v) is 3.16. The van der Waals surface area contributed by atoms with E-state index in [9.17, 15) is 4.79 Å². The van der Waals surface area contributed by atoms with Crippen LogP contribution in [0.3, 0.4) is 0 Å². The molecule has 1 aromatic rings. The fraction of sp³-hybridized carbons (Fsp3) is 0.533. The number of aliphatic hydroxyl groups is 1. The Morgan fingerprint density at radius 3 is 2.45 bits per heavy atom. The fourth-order valence-electron chi connectivity index (χ4n) is 1.79. The van der Waals surface area contributed by atoms with E-state index < -0.39 is 0 Å². The van der Waals surface area contributed by atoms with Crippen molar-refractivity contribution in [1.29, 1.82) is 0 Å². The number of ether oxygens (including phenoxy) is 2. The van der Waals surface area contributed by atoms with E-state index in [1.807, 2.05) is 13.8 Å². The molecule has 0 atom stereocenters. The number of methoxy groups -OCH3 is 2. The zero-order valence-electron chi connectivity index (χ0n) is 12.5. The first-order valence-corrected chi connectivity index (χ1v) is 6.54. The molecule has 1 aromatic carbocycles. The second-order valence-corrected chi connectivity index (χ2v) is 5.39. The topological polar surface area (TPSA) is 67.8 Å². The number of carbonyl (C=O) groups is 1. The second kappa shape index (κ2) is 7.14. The summed E-state index contributed by atoms with van der Waals surface area (Å²) in [6.07, 6.45) is 0.638. The van der Waals surface area contributed by atoms with Crippen molar-refractivity contribution in [2.45, 2.75) is 20.3 Å². The van der Waals surface area contributed by atoms with Gasteiger partial charge in [-0.2, -0.15) is 0 Å². The number of benzene rings is 1. The molecule has 0 fully saturated rings. The maximum Gasteiger partial charge on any atom is 0.251 e. The van der Waals surface area contributed by atoms with E-state index in [-0.39, 0.29) is 17.9 Å². The van der Waals surface area contributed by atoms with E-state index >= 15 is 0 Å². The van der Waals surface area contributed by atoms with Gasteiger partial charge in [0.05, 0.1) is 14.2 Å². The zero-order chi connectivity index (χ0) is 15.2. The fourth-order valence-corrected chi connectivity index (χ4v) is 1.79. The summed E-state index contributed by atoms with van der Waals surface area (Å²) < 4.78 is 10.3. The highest BCUT2D eigenvalue weighted by atomic mass is 16.5. The highest BCUT2D eigenvalue weighted by molar-refractivity contribution is 5.94. The predicted molar refractivity (Wildman–Crippen MR) is 77.4 cm³/mol. The molecular weight excluding hydrogens is 258 g/mol. The number of rotatable bonds is 7. The van der Waals surface area contributed by atoms with E-state index in [0.29, 0.717) is 30.0 Å². The van der Waals surface area contributed by atoms with E-state index in [1.54, 1.807) is 25.3 Å². The van der Waals surface area contributed by atoms with Crippen molar-refractivity contribution in [1.82, 2.24) is 5.32 Å². The quantitative estimate of drug-likeness (QED) is 0.800. The first-order valence-electron chi connectivity index (χ1n) is 6.54. The van der Waals surface area contributed by atoms with Crippen molar-refractivity contribution >= 4 is 5.91 Å². The predicted octanol–water partition coefficient (Wildman–Crippen LogP) is 1.84. The van der Waals surface area contributed by atoms with Crippen molar-refractivity contribution in [3.63, 3.8) is 0 Å². The summed E-state index contributed by atoms with van der Waals surface area (Å²) in [5, 5.41) is 11.8. The number of aliphatic hydroxyl groups excluding tert-OH is 1. The molecule has 5 heteroatoms. The molecule has 0 aliphatic rings. The number of amides is 1. The first kappa shape index (κ1) is 16.3. The maximum absolute atomic E-state index is 12.1. The Hall–Kier alpha value is -1.75. The highest BCUT2D eigenvalue weighted by Crippen LogP contribution is 2.27. The van der Waals surface area contributed by atoms with Gasteiger partial charge in [-0.25, -0.2) is 0 Å². The van der Waals surface area contributed by atoms with Crippen LogP contribution in [-0.2, 0) is 0 Å². The van der Waals surface area contributed by atoms with Gasteiger partial charge in [0.15, 0.2) is 11.5 Å². The smallest absolute Gasteiger partial charge is 0.251 e. The lowest BCUT2D eigenvalue weighted by Gasteiger charge is -2.23. The monoisotopic (exact) mass is 281 g/mol. The molecule has 0 heterocycles. The molecule has 0 aliphatic carbocycles. The molecule has 0 saturated heterocycles. The van der Waals surface area contributed by atoms with Gasteiger partial charge in [-0.1, -0.05) is 13.8 Å². The normalized spacial score (nSPS) is 11.1. The summed E-state index contributed by atoms with van der Waals surface area (Å²) in [5.74, 6) is 0.941. The van der Waals surface area contributed by atoms with Gasteiger partial charge < -0.3 is 19.9 Å². The maximum atomic E-state index is 12.1. The molecule has 0 radical (unpaired) electrons. The van der Waals surface area contributed by atoms with Crippen LogP contribution in [-0.4, -0.2) is 38.4 Å². The lowest BCUT2D eigenvalue weighted by molar-refractivity contribution is 0.0928. The largest absolute Gasteiger partial charge is 0.493 e. The number of hydrogen-bond donors (Lipinski definition) is 2.